The third-order valence-corrected chi connectivity index (χ3v) is 4.63. The lowest BCUT2D eigenvalue weighted by Gasteiger charge is -2.21. The van der Waals surface area contributed by atoms with E-state index in [1.165, 1.54) is 4.90 Å². The van der Waals surface area contributed by atoms with E-state index in [1.54, 1.807) is 22.8 Å². The van der Waals surface area contributed by atoms with Crippen molar-refractivity contribution in [1.29, 1.82) is 0 Å². The Morgan fingerprint density at radius 3 is 2.50 bits per heavy atom. The zero-order valence-electron chi connectivity index (χ0n) is 15.0. The van der Waals surface area contributed by atoms with E-state index in [9.17, 15) is 4.79 Å². The van der Waals surface area contributed by atoms with Crippen molar-refractivity contribution in [3.05, 3.63) is 47.8 Å². The Labute approximate surface area is 148 Å². The number of amides is 2. The number of nitrogens with one attached hydrogen (secondary N) is 1. The van der Waals surface area contributed by atoms with Crippen molar-refractivity contribution < 1.29 is 4.79 Å². The average Bonchev–Trinajstić information content (AvgIpc) is 2.92. The molecule has 1 aromatic carbocycles. The van der Waals surface area contributed by atoms with E-state index >= 15 is 0 Å². The van der Waals surface area contributed by atoms with Crippen LogP contribution in [0.4, 0.5) is 4.79 Å². The molecule has 0 spiro atoms. The smallest absolute Gasteiger partial charge is 0.317 e. The third kappa shape index (κ3) is 5.30. The summed E-state index contributed by atoms with van der Waals surface area (Å²) in [4.78, 5) is 15.2. The second-order valence-electron chi connectivity index (χ2n) is 6.29. The van der Waals surface area contributed by atoms with Gasteiger partial charge < -0.3 is 10.2 Å². The van der Waals surface area contributed by atoms with Crippen LogP contribution in [0.3, 0.4) is 0 Å². The van der Waals surface area contributed by atoms with Gasteiger partial charge in [-0.15, -0.1) is 11.8 Å². The van der Waals surface area contributed by atoms with Crippen LogP contribution >= 0.6 is 11.8 Å². The second kappa shape index (κ2) is 8.24. The SMILES string of the molecule is CC(C)Sc1ccc([C@H](C)NC(=O)N(C)Cc2cnn(C)c2)cc1. The summed E-state index contributed by atoms with van der Waals surface area (Å²) in [7, 11) is 3.66. The Kier molecular flexibility index (Phi) is 6.31. The van der Waals surface area contributed by atoms with Gasteiger partial charge in [0.05, 0.1) is 18.8 Å². The first kappa shape index (κ1) is 18.4. The lowest BCUT2D eigenvalue weighted by molar-refractivity contribution is 0.203. The van der Waals surface area contributed by atoms with Gasteiger partial charge in [0.25, 0.3) is 0 Å². The van der Waals surface area contributed by atoms with E-state index < -0.39 is 0 Å². The maximum absolute atomic E-state index is 12.3. The van der Waals surface area contributed by atoms with Gasteiger partial charge >= 0.3 is 6.03 Å². The van der Waals surface area contributed by atoms with Gasteiger partial charge in [0.1, 0.15) is 0 Å². The molecule has 0 fully saturated rings. The molecule has 2 amide bonds. The van der Waals surface area contributed by atoms with E-state index in [4.69, 9.17) is 0 Å². The summed E-state index contributed by atoms with van der Waals surface area (Å²) in [6, 6.07) is 8.26. The average molecular weight is 346 g/mol. The summed E-state index contributed by atoms with van der Waals surface area (Å²) in [6.45, 7) is 6.90. The van der Waals surface area contributed by atoms with Gasteiger partial charge in [0.2, 0.25) is 0 Å². The molecule has 0 saturated heterocycles. The number of nitrogens with zero attached hydrogens (tertiary/aromatic N) is 3. The van der Waals surface area contributed by atoms with Crippen molar-refractivity contribution in [2.75, 3.05) is 7.05 Å². The van der Waals surface area contributed by atoms with Gasteiger partial charge in [-0.2, -0.15) is 5.10 Å². The molecule has 2 aromatic rings. The van der Waals surface area contributed by atoms with E-state index in [-0.39, 0.29) is 12.1 Å². The highest BCUT2D eigenvalue weighted by Crippen LogP contribution is 2.24. The van der Waals surface area contributed by atoms with Gasteiger partial charge in [-0.25, -0.2) is 4.79 Å². The van der Waals surface area contributed by atoms with Gasteiger partial charge in [-0.05, 0) is 24.6 Å². The lowest BCUT2D eigenvalue weighted by Crippen LogP contribution is -2.38. The lowest BCUT2D eigenvalue weighted by atomic mass is 10.1. The summed E-state index contributed by atoms with van der Waals surface area (Å²) in [5.74, 6) is 0. The van der Waals surface area contributed by atoms with E-state index in [0.29, 0.717) is 11.8 Å². The monoisotopic (exact) mass is 346 g/mol. The number of aryl methyl sites for hydroxylation is 1. The second-order valence-corrected chi connectivity index (χ2v) is 7.94. The van der Waals surface area contributed by atoms with Gasteiger partial charge in [-0.1, -0.05) is 26.0 Å². The number of thioether (sulfide) groups is 1. The summed E-state index contributed by atoms with van der Waals surface area (Å²) in [5, 5.41) is 7.72. The van der Waals surface area contributed by atoms with Crippen LogP contribution in [-0.4, -0.2) is 33.0 Å². The van der Waals surface area contributed by atoms with Crippen LogP contribution in [0, 0.1) is 0 Å². The molecule has 6 heteroatoms. The Morgan fingerprint density at radius 1 is 1.29 bits per heavy atom. The Bertz CT molecular complexity index is 666. The quantitative estimate of drug-likeness (QED) is 0.809. The Morgan fingerprint density at radius 2 is 1.96 bits per heavy atom. The van der Waals surface area contributed by atoms with Crippen LogP contribution in [0.25, 0.3) is 0 Å². The largest absolute Gasteiger partial charge is 0.331 e. The van der Waals surface area contributed by atoms with Crippen LogP contribution in [0.5, 0.6) is 0 Å². The molecule has 0 saturated carbocycles. The maximum Gasteiger partial charge on any atom is 0.317 e. The fraction of sp³-hybridized carbons (Fsp3) is 0.444. The predicted octanol–water partition coefficient (Wildman–Crippen LogP) is 3.82. The standard InChI is InChI=1S/C18H26N4OS/c1-13(2)24-17-8-6-16(7-9-17)14(3)20-18(23)21(4)11-15-10-19-22(5)12-15/h6-10,12-14H,11H2,1-5H3,(H,20,23)/t14-/m0/s1. The first-order valence-corrected chi connectivity index (χ1v) is 8.99. The first-order valence-electron chi connectivity index (χ1n) is 8.11. The highest BCUT2D eigenvalue weighted by atomic mass is 32.2. The minimum Gasteiger partial charge on any atom is -0.331 e. The molecular formula is C18H26N4OS. The number of benzene rings is 1. The Balaban J connectivity index is 1.90. The summed E-state index contributed by atoms with van der Waals surface area (Å²) < 4.78 is 1.74. The van der Waals surface area contributed by atoms with Crippen LogP contribution in [0.2, 0.25) is 0 Å². The van der Waals surface area contributed by atoms with Gasteiger partial charge in [0.15, 0.2) is 0 Å². The number of carbonyl (C=O) groups is 1. The third-order valence-electron chi connectivity index (χ3n) is 3.62. The molecule has 0 bridgehead atoms. The molecule has 0 unspecified atom stereocenters. The normalized spacial score (nSPS) is 12.2. The van der Waals surface area contributed by atoms with Crippen molar-refractivity contribution in [1.82, 2.24) is 20.0 Å². The number of aromatic nitrogens is 2. The van der Waals surface area contributed by atoms with Crippen molar-refractivity contribution in [2.24, 2.45) is 7.05 Å². The summed E-state index contributed by atoms with van der Waals surface area (Å²) in [5.41, 5.74) is 2.11. The molecule has 1 heterocycles. The van der Waals surface area contributed by atoms with Crippen molar-refractivity contribution in [3.8, 4) is 0 Å². The minimum absolute atomic E-state index is 0.0352. The molecule has 0 aliphatic carbocycles. The highest BCUT2D eigenvalue weighted by Gasteiger charge is 2.14. The van der Waals surface area contributed by atoms with Crippen LogP contribution < -0.4 is 5.32 Å². The Hall–Kier alpha value is -1.95. The molecule has 5 nitrogen and oxygen atoms in total. The highest BCUT2D eigenvalue weighted by molar-refractivity contribution is 7.99. The molecule has 2 rings (SSSR count). The fourth-order valence-electron chi connectivity index (χ4n) is 2.39. The van der Waals surface area contributed by atoms with Crippen molar-refractivity contribution in [2.45, 2.75) is 43.5 Å². The van der Waals surface area contributed by atoms with Crippen LogP contribution in [0.15, 0.2) is 41.6 Å². The van der Waals surface area contributed by atoms with Crippen molar-refractivity contribution in [3.63, 3.8) is 0 Å². The van der Waals surface area contributed by atoms with Crippen LogP contribution in [-0.2, 0) is 13.6 Å². The molecule has 1 N–H and O–H groups in total. The number of hydrogen-bond acceptors (Lipinski definition) is 3. The maximum atomic E-state index is 12.3. The van der Waals surface area contributed by atoms with E-state index in [2.05, 4.69) is 48.5 Å². The number of hydrogen-bond donors (Lipinski definition) is 1. The summed E-state index contributed by atoms with van der Waals surface area (Å²) >= 11 is 1.84. The van der Waals surface area contributed by atoms with Crippen molar-refractivity contribution >= 4 is 17.8 Å². The number of carbonyl (C=O) groups excluding carboxylic acids is 1. The zero-order valence-corrected chi connectivity index (χ0v) is 15.8. The molecule has 0 radical (unpaired) electrons. The molecule has 130 valence electrons. The van der Waals surface area contributed by atoms with Crippen LogP contribution in [0.1, 0.15) is 37.9 Å². The molecule has 24 heavy (non-hydrogen) atoms. The summed E-state index contributed by atoms with van der Waals surface area (Å²) in [6.07, 6.45) is 3.69. The van der Waals surface area contributed by atoms with E-state index in [1.807, 2.05) is 31.9 Å². The number of rotatable bonds is 6. The predicted molar refractivity (Wildman–Crippen MR) is 99.1 cm³/mol. The molecule has 0 aliphatic rings. The molecule has 1 aromatic heterocycles. The molecule has 1 atom stereocenters. The molecular weight excluding hydrogens is 320 g/mol. The van der Waals surface area contributed by atoms with E-state index in [0.717, 1.165) is 11.1 Å². The van der Waals surface area contributed by atoms with Gasteiger partial charge in [-0.3, -0.25) is 4.68 Å². The fourth-order valence-corrected chi connectivity index (χ4v) is 3.22. The molecule has 0 aliphatic heterocycles. The topological polar surface area (TPSA) is 50.2 Å². The van der Waals surface area contributed by atoms with Gasteiger partial charge in [0, 0.05) is 36.0 Å². The number of urea groups is 1. The minimum atomic E-state index is -0.0908. The zero-order chi connectivity index (χ0) is 17.7. The first-order chi connectivity index (χ1) is 11.3.